The lowest BCUT2D eigenvalue weighted by atomic mass is 9.66. The first-order chi connectivity index (χ1) is 10.0. The number of carbonyl (C=O) groups is 1. The van der Waals surface area contributed by atoms with Crippen LogP contribution in [0.2, 0.25) is 0 Å². The van der Waals surface area contributed by atoms with Gasteiger partial charge in [0.05, 0.1) is 5.69 Å². The van der Waals surface area contributed by atoms with Gasteiger partial charge in [0.1, 0.15) is 0 Å². The molecule has 114 valence electrons. The molecule has 2 bridgehead atoms. The van der Waals surface area contributed by atoms with Gasteiger partial charge in [0.15, 0.2) is 6.39 Å². The van der Waals surface area contributed by atoms with E-state index >= 15 is 0 Å². The van der Waals surface area contributed by atoms with Crippen LogP contribution >= 0.6 is 0 Å². The van der Waals surface area contributed by atoms with Gasteiger partial charge in [0, 0.05) is 30.1 Å². The molecule has 1 aliphatic carbocycles. The standard InChI is InChI=1S/C16H23N3O2/c1-10-14(21-9-17-10)15(20)19-8-11-7-16(2)12(18(11)3)5-4-6-13(16)19/h9,11-13H,4-8H2,1-3H3/t11-,12-,13+,16-/m0/s1. The van der Waals surface area contributed by atoms with Gasteiger partial charge in [-0.2, -0.15) is 0 Å². The van der Waals surface area contributed by atoms with Gasteiger partial charge >= 0.3 is 0 Å². The molecule has 21 heavy (non-hydrogen) atoms. The number of carbonyl (C=O) groups excluding carboxylic acids is 1. The van der Waals surface area contributed by atoms with Crippen LogP contribution in [0.3, 0.4) is 0 Å². The highest BCUT2D eigenvalue weighted by Crippen LogP contribution is 2.53. The second-order valence-corrected chi connectivity index (χ2v) is 7.22. The molecular weight excluding hydrogens is 266 g/mol. The molecule has 5 heteroatoms. The second kappa shape index (κ2) is 4.32. The first-order valence-electron chi connectivity index (χ1n) is 7.95. The van der Waals surface area contributed by atoms with Crippen molar-refractivity contribution in [3.8, 4) is 0 Å². The molecule has 4 atom stereocenters. The zero-order valence-corrected chi connectivity index (χ0v) is 13.0. The minimum atomic E-state index is 0.0295. The molecule has 3 fully saturated rings. The van der Waals surface area contributed by atoms with Crippen LogP contribution in [0.15, 0.2) is 10.8 Å². The van der Waals surface area contributed by atoms with Crippen LogP contribution in [-0.4, -0.2) is 52.4 Å². The van der Waals surface area contributed by atoms with Crippen molar-refractivity contribution in [1.82, 2.24) is 14.8 Å². The fourth-order valence-corrected chi connectivity index (χ4v) is 5.15. The monoisotopic (exact) mass is 289 g/mol. The Morgan fingerprint density at radius 2 is 2.19 bits per heavy atom. The van der Waals surface area contributed by atoms with Gasteiger partial charge in [-0.3, -0.25) is 9.69 Å². The van der Waals surface area contributed by atoms with E-state index in [2.05, 4.69) is 28.8 Å². The highest BCUT2D eigenvalue weighted by atomic mass is 16.3. The molecule has 3 aliphatic rings. The Morgan fingerprint density at radius 3 is 2.90 bits per heavy atom. The molecular formula is C16H23N3O2. The van der Waals surface area contributed by atoms with Gasteiger partial charge in [-0.25, -0.2) is 4.98 Å². The number of aromatic nitrogens is 1. The van der Waals surface area contributed by atoms with E-state index in [1.54, 1.807) is 0 Å². The Balaban J connectivity index is 1.71. The number of rotatable bonds is 1. The fraction of sp³-hybridized carbons (Fsp3) is 0.750. The summed E-state index contributed by atoms with van der Waals surface area (Å²) in [7, 11) is 2.23. The summed E-state index contributed by atoms with van der Waals surface area (Å²) in [5.74, 6) is 0.451. The van der Waals surface area contributed by atoms with E-state index in [1.807, 2.05) is 6.92 Å². The number of hydrogen-bond acceptors (Lipinski definition) is 4. The van der Waals surface area contributed by atoms with Crippen molar-refractivity contribution in [1.29, 1.82) is 0 Å². The summed E-state index contributed by atoms with van der Waals surface area (Å²) in [5, 5.41) is 0. The third kappa shape index (κ3) is 1.67. The first-order valence-corrected chi connectivity index (χ1v) is 7.95. The van der Waals surface area contributed by atoms with Crippen molar-refractivity contribution in [2.24, 2.45) is 5.41 Å². The Labute approximate surface area is 125 Å². The van der Waals surface area contributed by atoms with Crippen LogP contribution in [0.5, 0.6) is 0 Å². The Morgan fingerprint density at radius 1 is 1.43 bits per heavy atom. The molecule has 5 nitrogen and oxygen atoms in total. The normalized spacial score (nSPS) is 38.8. The molecule has 0 N–H and O–H groups in total. The molecule has 0 spiro atoms. The lowest BCUT2D eigenvalue weighted by molar-refractivity contribution is 0.00965. The SMILES string of the molecule is Cc1ncoc1C(=O)N1C[C@@H]2C[C@@]3(C)[C@H](CCC[C@@H]13)N2C. The van der Waals surface area contributed by atoms with Crippen LogP contribution in [-0.2, 0) is 0 Å². The number of oxazole rings is 1. The zero-order valence-electron chi connectivity index (χ0n) is 13.0. The van der Waals surface area contributed by atoms with Crippen molar-refractivity contribution in [3.05, 3.63) is 17.8 Å². The third-order valence-electron chi connectivity index (χ3n) is 6.20. The lowest BCUT2D eigenvalue weighted by Crippen LogP contribution is -2.57. The second-order valence-electron chi connectivity index (χ2n) is 7.22. The molecule has 2 aliphatic heterocycles. The van der Waals surface area contributed by atoms with Crippen LogP contribution < -0.4 is 0 Å². The maximum Gasteiger partial charge on any atom is 0.291 e. The van der Waals surface area contributed by atoms with Crippen molar-refractivity contribution in [2.45, 2.75) is 57.7 Å². The molecule has 1 aromatic rings. The van der Waals surface area contributed by atoms with Crippen molar-refractivity contribution >= 4 is 5.91 Å². The summed E-state index contributed by atoms with van der Waals surface area (Å²) in [4.78, 5) is 21.6. The minimum Gasteiger partial charge on any atom is -0.438 e. The average Bonchev–Trinajstić information content (AvgIpc) is 2.98. The molecule has 0 radical (unpaired) electrons. The van der Waals surface area contributed by atoms with Crippen molar-refractivity contribution < 1.29 is 9.21 Å². The quantitative estimate of drug-likeness (QED) is 0.794. The Kier molecular flexibility index (Phi) is 2.74. The molecule has 3 heterocycles. The smallest absolute Gasteiger partial charge is 0.291 e. The number of piperidine rings is 1. The number of fused-ring (bicyclic) bond motifs is 1. The number of amides is 1. The minimum absolute atomic E-state index is 0.0295. The summed E-state index contributed by atoms with van der Waals surface area (Å²) in [6.07, 6.45) is 6.19. The highest BCUT2D eigenvalue weighted by molar-refractivity contribution is 5.92. The van der Waals surface area contributed by atoms with E-state index < -0.39 is 0 Å². The van der Waals surface area contributed by atoms with E-state index in [-0.39, 0.29) is 11.3 Å². The van der Waals surface area contributed by atoms with E-state index in [9.17, 15) is 4.79 Å². The van der Waals surface area contributed by atoms with Crippen LogP contribution in [0.25, 0.3) is 0 Å². The van der Waals surface area contributed by atoms with Crippen LogP contribution in [0, 0.1) is 12.3 Å². The highest BCUT2D eigenvalue weighted by Gasteiger charge is 2.59. The lowest BCUT2D eigenvalue weighted by Gasteiger charge is -2.50. The van der Waals surface area contributed by atoms with E-state index in [4.69, 9.17) is 4.42 Å². The first kappa shape index (κ1) is 13.3. The summed E-state index contributed by atoms with van der Waals surface area (Å²) in [5.41, 5.74) is 0.934. The fourth-order valence-electron chi connectivity index (χ4n) is 5.15. The molecule has 0 unspecified atom stereocenters. The zero-order chi connectivity index (χ0) is 14.8. The van der Waals surface area contributed by atoms with Gasteiger partial charge in [-0.1, -0.05) is 6.92 Å². The van der Waals surface area contributed by atoms with Gasteiger partial charge in [0.25, 0.3) is 5.91 Å². The molecule has 1 saturated carbocycles. The van der Waals surface area contributed by atoms with Crippen molar-refractivity contribution in [2.75, 3.05) is 13.6 Å². The van der Waals surface area contributed by atoms with Crippen LogP contribution in [0.4, 0.5) is 0 Å². The van der Waals surface area contributed by atoms with Crippen LogP contribution in [0.1, 0.15) is 48.9 Å². The topological polar surface area (TPSA) is 49.6 Å². The molecule has 2 saturated heterocycles. The number of nitrogens with zero attached hydrogens (tertiary/aromatic N) is 3. The molecule has 4 rings (SSSR count). The summed E-state index contributed by atoms with van der Waals surface area (Å²) in [6, 6.07) is 1.45. The molecule has 1 amide bonds. The predicted molar refractivity (Wildman–Crippen MR) is 78.0 cm³/mol. The number of likely N-dealkylation sites (tertiary alicyclic amines) is 2. The number of aryl methyl sites for hydroxylation is 1. The largest absolute Gasteiger partial charge is 0.438 e. The summed E-state index contributed by atoms with van der Waals surface area (Å²) >= 11 is 0. The Bertz CT molecular complexity index is 584. The van der Waals surface area contributed by atoms with Gasteiger partial charge in [-0.15, -0.1) is 0 Å². The molecule has 0 aromatic carbocycles. The predicted octanol–water partition coefficient (Wildman–Crippen LogP) is 2.07. The number of likely N-dealkylation sites (N-methyl/N-ethyl adjacent to an activating group) is 1. The summed E-state index contributed by atoms with van der Waals surface area (Å²) < 4.78 is 5.35. The van der Waals surface area contributed by atoms with Crippen molar-refractivity contribution in [3.63, 3.8) is 0 Å². The number of hydrogen-bond donors (Lipinski definition) is 0. The van der Waals surface area contributed by atoms with Gasteiger partial charge in [0.2, 0.25) is 5.76 Å². The average molecular weight is 289 g/mol. The van der Waals surface area contributed by atoms with E-state index in [0.29, 0.717) is 29.6 Å². The maximum atomic E-state index is 12.9. The van der Waals surface area contributed by atoms with Gasteiger partial charge in [-0.05, 0) is 39.7 Å². The Hall–Kier alpha value is -1.36. The maximum absolute atomic E-state index is 12.9. The van der Waals surface area contributed by atoms with E-state index in [0.717, 1.165) is 13.0 Å². The summed E-state index contributed by atoms with van der Waals surface area (Å²) in [6.45, 7) is 5.05. The van der Waals surface area contributed by atoms with E-state index in [1.165, 1.54) is 25.7 Å². The third-order valence-corrected chi connectivity index (χ3v) is 6.20. The molecule has 1 aromatic heterocycles. The van der Waals surface area contributed by atoms with Gasteiger partial charge < -0.3 is 9.32 Å².